The first-order valence-electron chi connectivity index (χ1n) is 24.0. The molecule has 1 unspecified atom stereocenters. The average molecular weight is 762 g/mol. The summed E-state index contributed by atoms with van der Waals surface area (Å²) in [6.07, 6.45) is 40.1. The Labute approximate surface area is 335 Å². The Hall–Kier alpha value is -1.14. The van der Waals surface area contributed by atoms with Gasteiger partial charge < -0.3 is 19.5 Å². The lowest BCUT2D eigenvalue weighted by molar-refractivity contribution is -0.168. The first-order chi connectivity index (χ1) is 26.4. The van der Waals surface area contributed by atoms with E-state index in [4.69, 9.17) is 14.2 Å². The molecule has 6 heteroatoms. The van der Waals surface area contributed by atoms with Crippen LogP contribution in [0.25, 0.3) is 0 Å². The zero-order valence-corrected chi connectivity index (χ0v) is 36.5. The van der Waals surface area contributed by atoms with E-state index >= 15 is 0 Å². The van der Waals surface area contributed by atoms with E-state index in [0.717, 1.165) is 64.1 Å². The molecule has 1 heterocycles. The lowest BCUT2D eigenvalue weighted by atomic mass is 9.64. The second kappa shape index (κ2) is 32.9. The van der Waals surface area contributed by atoms with E-state index in [-0.39, 0.29) is 18.0 Å². The summed E-state index contributed by atoms with van der Waals surface area (Å²) in [5, 5.41) is 4.02. The van der Waals surface area contributed by atoms with Gasteiger partial charge in [-0.15, -0.1) is 0 Å². The molecule has 0 amide bonds. The summed E-state index contributed by atoms with van der Waals surface area (Å²) in [6, 6.07) is 1.21. The molecule has 1 aliphatic carbocycles. The molecule has 1 aliphatic heterocycles. The van der Waals surface area contributed by atoms with Gasteiger partial charge in [0.2, 0.25) is 0 Å². The first kappa shape index (κ1) is 49.0. The fourth-order valence-corrected chi connectivity index (χ4v) is 8.66. The van der Waals surface area contributed by atoms with E-state index in [9.17, 15) is 9.59 Å². The van der Waals surface area contributed by atoms with Gasteiger partial charge in [0, 0.05) is 30.3 Å². The van der Waals surface area contributed by atoms with Gasteiger partial charge in [0.25, 0.3) is 0 Å². The first-order valence-corrected chi connectivity index (χ1v) is 24.0. The van der Waals surface area contributed by atoms with Gasteiger partial charge >= 0.3 is 11.9 Å². The van der Waals surface area contributed by atoms with Crippen LogP contribution in [0.1, 0.15) is 246 Å². The van der Waals surface area contributed by atoms with Crippen LogP contribution in [0.4, 0.5) is 0 Å². The highest BCUT2D eigenvalue weighted by molar-refractivity contribution is 5.69. The summed E-state index contributed by atoms with van der Waals surface area (Å²) in [5.41, 5.74) is 0.487. The molecule has 1 N–H and O–H groups in total. The van der Waals surface area contributed by atoms with Crippen LogP contribution in [0.2, 0.25) is 0 Å². The molecule has 318 valence electrons. The Bertz CT molecular complexity index is 864. The monoisotopic (exact) mass is 762 g/mol. The van der Waals surface area contributed by atoms with Crippen LogP contribution in [0.3, 0.4) is 0 Å². The third-order valence-corrected chi connectivity index (χ3v) is 12.3. The van der Waals surface area contributed by atoms with Gasteiger partial charge in [0.05, 0.1) is 19.8 Å². The number of carbonyl (C=O) groups is 2. The van der Waals surface area contributed by atoms with Crippen molar-refractivity contribution in [2.45, 2.75) is 264 Å². The minimum absolute atomic E-state index is 0.0114. The van der Waals surface area contributed by atoms with Gasteiger partial charge in [-0.3, -0.25) is 9.59 Å². The molecule has 0 aromatic rings. The average Bonchev–Trinajstić information content (AvgIpc) is 3.11. The van der Waals surface area contributed by atoms with Crippen molar-refractivity contribution in [2.24, 2.45) is 11.3 Å². The number of esters is 2. The molecule has 1 atom stereocenters. The third kappa shape index (κ3) is 25.9. The number of rotatable bonds is 39. The number of nitrogens with one attached hydrogen (secondary N) is 1. The standard InChI is InChI=1S/C48H91NO5/c1-5-7-9-11-15-25-33-45(34-26-16-12-10-8-6-2)54-47(51)36-28-20-18-24-32-43(49-44-38-48(39-44)40-52-41-48)31-23-17-19-27-35-46(50)53-37-29-21-13-14-22-30-42(3)4/h42-45,49H,5-41H2,1-4H3. The van der Waals surface area contributed by atoms with E-state index in [2.05, 4.69) is 33.0 Å². The summed E-state index contributed by atoms with van der Waals surface area (Å²) in [6.45, 7) is 11.6. The van der Waals surface area contributed by atoms with E-state index in [0.29, 0.717) is 36.9 Å². The Morgan fingerprint density at radius 2 is 1.02 bits per heavy atom. The van der Waals surface area contributed by atoms with Crippen LogP contribution in [-0.4, -0.2) is 49.9 Å². The molecular weight excluding hydrogens is 671 g/mol. The number of hydrogen-bond acceptors (Lipinski definition) is 6. The van der Waals surface area contributed by atoms with Crippen LogP contribution in [0.15, 0.2) is 0 Å². The number of ether oxygens (including phenoxy) is 3. The predicted octanol–water partition coefficient (Wildman–Crippen LogP) is 13.8. The van der Waals surface area contributed by atoms with Crippen molar-refractivity contribution < 1.29 is 23.8 Å². The third-order valence-electron chi connectivity index (χ3n) is 12.3. The Balaban J connectivity index is 1.58. The molecule has 0 aromatic heterocycles. The second-order valence-electron chi connectivity index (χ2n) is 18.3. The molecule has 2 fully saturated rings. The minimum atomic E-state index is -0.0114. The fraction of sp³-hybridized carbons (Fsp3) is 0.958. The maximum Gasteiger partial charge on any atom is 0.306 e. The second-order valence-corrected chi connectivity index (χ2v) is 18.3. The summed E-state index contributed by atoms with van der Waals surface area (Å²) in [7, 11) is 0. The Morgan fingerprint density at radius 1 is 0.574 bits per heavy atom. The van der Waals surface area contributed by atoms with Crippen LogP contribution in [0.5, 0.6) is 0 Å². The summed E-state index contributed by atoms with van der Waals surface area (Å²) in [5.74, 6) is 0.823. The maximum atomic E-state index is 12.9. The zero-order valence-electron chi connectivity index (χ0n) is 36.5. The van der Waals surface area contributed by atoms with Crippen molar-refractivity contribution in [3.05, 3.63) is 0 Å². The van der Waals surface area contributed by atoms with E-state index in [1.807, 2.05) is 0 Å². The molecule has 0 radical (unpaired) electrons. The van der Waals surface area contributed by atoms with Crippen molar-refractivity contribution in [2.75, 3.05) is 19.8 Å². The fourth-order valence-electron chi connectivity index (χ4n) is 8.66. The number of carbonyl (C=O) groups excluding carboxylic acids is 2. The normalized spacial score (nSPS) is 15.8. The van der Waals surface area contributed by atoms with E-state index < -0.39 is 0 Å². The molecule has 6 nitrogen and oxygen atoms in total. The maximum absolute atomic E-state index is 12.9. The Morgan fingerprint density at radius 3 is 1.52 bits per heavy atom. The number of hydrogen-bond donors (Lipinski definition) is 1. The molecule has 1 spiro atoms. The van der Waals surface area contributed by atoms with E-state index in [1.165, 1.54) is 161 Å². The molecular formula is C48H91NO5. The van der Waals surface area contributed by atoms with Gasteiger partial charge in [0.1, 0.15) is 6.10 Å². The van der Waals surface area contributed by atoms with Crippen molar-refractivity contribution in [3.63, 3.8) is 0 Å². The highest BCUT2D eigenvalue weighted by Crippen LogP contribution is 2.47. The van der Waals surface area contributed by atoms with Gasteiger partial charge in [-0.05, 0) is 76.5 Å². The highest BCUT2D eigenvalue weighted by atomic mass is 16.5. The molecule has 54 heavy (non-hydrogen) atoms. The van der Waals surface area contributed by atoms with E-state index in [1.54, 1.807) is 0 Å². The number of unbranched alkanes of at least 4 members (excludes halogenated alkanes) is 20. The van der Waals surface area contributed by atoms with Crippen LogP contribution in [-0.2, 0) is 23.8 Å². The van der Waals surface area contributed by atoms with Gasteiger partial charge in [0.15, 0.2) is 0 Å². The largest absolute Gasteiger partial charge is 0.466 e. The molecule has 0 aromatic carbocycles. The SMILES string of the molecule is CCCCCCCCC(CCCCCCCC)OC(=O)CCCCCCC(CCCCCCC(=O)OCCCCCCCC(C)C)NC1CC2(COC2)C1. The highest BCUT2D eigenvalue weighted by Gasteiger charge is 2.49. The minimum Gasteiger partial charge on any atom is -0.466 e. The topological polar surface area (TPSA) is 73.9 Å². The molecule has 1 saturated carbocycles. The quantitative estimate of drug-likeness (QED) is 0.0497. The van der Waals surface area contributed by atoms with Crippen LogP contribution >= 0.6 is 0 Å². The van der Waals surface area contributed by atoms with Crippen molar-refractivity contribution in [1.82, 2.24) is 5.32 Å². The summed E-state index contributed by atoms with van der Waals surface area (Å²) >= 11 is 0. The molecule has 0 bridgehead atoms. The molecule has 2 rings (SSSR count). The summed E-state index contributed by atoms with van der Waals surface area (Å²) < 4.78 is 17.1. The van der Waals surface area contributed by atoms with Crippen molar-refractivity contribution in [3.8, 4) is 0 Å². The Kier molecular flexibility index (Phi) is 29.9. The lowest BCUT2D eigenvalue weighted by Gasteiger charge is -2.54. The van der Waals surface area contributed by atoms with Crippen molar-refractivity contribution in [1.29, 1.82) is 0 Å². The molecule has 1 saturated heterocycles. The van der Waals surface area contributed by atoms with Gasteiger partial charge in [-0.25, -0.2) is 0 Å². The summed E-state index contributed by atoms with van der Waals surface area (Å²) in [4.78, 5) is 25.1. The smallest absolute Gasteiger partial charge is 0.306 e. The van der Waals surface area contributed by atoms with Crippen LogP contribution < -0.4 is 5.32 Å². The van der Waals surface area contributed by atoms with Crippen LogP contribution in [0, 0.1) is 11.3 Å². The predicted molar refractivity (Wildman–Crippen MR) is 228 cm³/mol. The molecule has 2 aliphatic rings. The zero-order chi connectivity index (χ0) is 39.0. The van der Waals surface area contributed by atoms with Crippen molar-refractivity contribution >= 4 is 11.9 Å². The van der Waals surface area contributed by atoms with Gasteiger partial charge in [-0.1, -0.05) is 163 Å². The lowest BCUT2D eigenvalue weighted by Crippen LogP contribution is -2.60. The van der Waals surface area contributed by atoms with Gasteiger partial charge in [-0.2, -0.15) is 0 Å².